The Hall–Kier alpha value is -2.73. The predicted octanol–water partition coefficient (Wildman–Crippen LogP) is 4.88. The van der Waals surface area contributed by atoms with Gasteiger partial charge >= 0.3 is 0 Å². The van der Waals surface area contributed by atoms with Crippen molar-refractivity contribution in [3.63, 3.8) is 0 Å². The number of aromatic nitrogens is 1. The summed E-state index contributed by atoms with van der Waals surface area (Å²) >= 11 is 1.37. The molecule has 1 saturated heterocycles. The topological polar surface area (TPSA) is 59.5 Å². The van der Waals surface area contributed by atoms with Gasteiger partial charge in [-0.3, -0.25) is 0 Å². The fourth-order valence-corrected chi connectivity index (χ4v) is 6.65. The minimum absolute atomic E-state index is 0.0523. The lowest BCUT2D eigenvalue weighted by molar-refractivity contribution is 0.356. The minimum Gasteiger partial charge on any atom is -0.496 e. The fraction of sp³-hybridized carbons (Fsp3) is 0.318. The van der Waals surface area contributed by atoms with E-state index >= 15 is 0 Å². The number of piperidine rings is 1. The van der Waals surface area contributed by atoms with Crippen LogP contribution in [0.2, 0.25) is 0 Å². The first-order valence-electron chi connectivity index (χ1n) is 10.2. The smallest absolute Gasteiger partial charge is 0.200 e. The van der Waals surface area contributed by atoms with E-state index in [9.17, 15) is 30.4 Å². The zero-order chi connectivity index (χ0) is 24.6. The van der Waals surface area contributed by atoms with Crippen LogP contribution in [0.1, 0.15) is 24.1 Å². The number of rotatable bonds is 6. The van der Waals surface area contributed by atoms with Crippen LogP contribution in [0.15, 0.2) is 34.5 Å². The number of methoxy groups -OCH3 is 1. The Bertz CT molecular complexity index is 1290. The van der Waals surface area contributed by atoms with Crippen molar-refractivity contribution in [3.8, 4) is 5.75 Å². The zero-order valence-electron chi connectivity index (χ0n) is 17.8. The summed E-state index contributed by atoms with van der Waals surface area (Å²) in [5.74, 6) is -10.9. The zero-order valence-corrected chi connectivity index (χ0v) is 19.5. The second kappa shape index (κ2) is 9.49. The molecule has 0 spiro atoms. The molecule has 1 aliphatic heterocycles. The summed E-state index contributed by atoms with van der Waals surface area (Å²) in [7, 11) is -3.21. The Morgan fingerprint density at radius 1 is 1.00 bits per heavy atom. The standard InChI is InChI=1S/C22H19F5N2O3S2/c1-32-15-5-3-2-4-12(15)10-13-11-33-22(28-13)29-8-6-14(7-9-29)34(30,31)21-19(26)17(24)16(23)18(25)20(21)27/h2-5,11,14H,6-10H2,1H3. The van der Waals surface area contributed by atoms with Crippen molar-refractivity contribution in [2.75, 3.05) is 25.1 Å². The molecule has 2 aromatic carbocycles. The molecule has 0 unspecified atom stereocenters. The van der Waals surface area contributed by atoms with Crippen molar-refractivity contribution < 1.29 is 35.1 Å². The minimum atomic E-state index is -4.79. The van der Waals surface area contributed by atoms with Gasteiger partial charge in [-0.15, -0.1) is 11.3 Å². The third kappa shape index (κ3) is 4.36. The van der Waals surface area contributed by atoms with E-state index in [4.69, 9.17) is 4.74 Å². The van der Waals surface area contributed by atoms with Crippen LogP contribution in [-0.4, -0.2) is 38.9 Å². The maximum Gasteiger partial charge on any atom is 0.200 e. The van der Waals surface area contributed by atoms with E-state index in [0.717, 1.165) is 17.0 Å². The van der Waals surface area contributed by atoms with Crippen molar-refractivity contribution in [2.24, 2.45) is 0 Å². The quantitative estimate of drug-likeness (QED) is 0.202. The molecule has 12 heteroatoms. The van der Waals surface area contributed by atoms with Crippen LogP contribution in [0, 0.1) is 29.1 Å². The van der Waals surface area contributed by atoms with Crippen LogP contribution < -0.4 is 9.64 Å². The molecule has 1 aromatic heterocycles. The van der Waals surface area contributed by atoms with E-state index < -0.39 is 49.1 Å². The van der Waals surface area contributed by atoms with E-state index in [-0.39, 0.29) is 25.9 Å². The Morgan fingerprint density at radius 2 is 1.59 bits per heavy atom. The van der Waals surface area contributed by atoms with E-state index in [0.29, 0.717) is 11.6 Å². The van der Waals surface area contributed by atoms with Gasteiger partial charge in [-0.1, -0.05) is 18.2 Å². The third-order valence-corrected chi connectivity index (χ3v) is 8.94. The van der Waals surface area contributed by atoms with E-state index in [1.807, 2.05) is 34.5 Å². The van der Waals surface area contributed by atoms with Gasteiger partial charge in [0, 0.05) is 30.5 Å². The number of ether oxygens (including phenoxy) is 1. The molecular formula is C22H19F5N2O3S2. The van der Waals surface area contributed by atoms with Gasteiger partial charge in [0.05, 0.1) is 18.1 Å². The largest absolute Gasteiger partial charge is 0.496 e. The first-order chi connectivity index (χ1) is 16.1. The number of anilines is 1. The summed E-state index contributed by atoms with van der Waals surface area (Å²) in [6.45, 7) is 0.391. The summed E-state index contributed by atoms with van der Waals surface area (Å²) < 4.78 is 99.5. The number of benzene rings is 2. The lowest BCUT2D eigenvalue weighted by Gasteiger charge is -2.31. The number of hydrogen-bond donors (Lipinski definition) is 0. The molecule has 0 N–H and O–H groups in total. The third-order valence-electron chi connectivity index (χ3n) is 5.71. The molecule has 182 valence electrons. The Balaban J connectivity index is 1.48. The SMILES string of the molecule is COc1ccccc1Cc1csc(N2CCC(S(=O)(=O)c3c(F)c(F)c(F)c(F)c3F)CC2)n1. The van der Waals surface area contributed by atoms with E-state index in [1.165, 1.54) is 11.3 Å². The van der Waals surface area contributed by atoms with Crippen LogP contribution in [0.3, 0.4) is 0 Å². The van der Waals surface area contributed by atoms with Crippen molar-refractivity contribution >= 4 is 26.3 Å². The van der Waals surface area contributed by atoms with Gasteiger partial charge in [0.1, 0.15) is 10.6 Å². The van der Waals surface area contributed by atoms with Gasteiger partial charge in [-0.05, 0) is 18.9 Å². The van der Waals surface area contributed by atoms with Crippen LogP contribution >= 0.6 is 11.3 Å². The number of thiazole rings is 1. The van der Waals surface area contributed by atoms with Crippen molar-refractivity contribution in [1.29, 1.82) is 0 Å². The molecule has 4 rings (SSSR count). The molecule has 0 saturated carbocycles. The molecule has 0 bridgehead atoms. The summed E-state index contributed by atoms with van der Waals surface area (Å²) in [6, 6.07) is 7.52. The molecule has 0 atom stereocenters. The maximum atomic E-state index is 14.1. The molecule has 0 radical (unpaired) electrons. The van der Waals surface area contributed by atoms with Crippen LogP contribution in [0.25, 0.3) is 0 Å². The molecule has 1 aliphatic rings. The van der Waals surface area contributed by atoms with Crippen molar-refractivity contribution in [2.45, 2.75) is 29.4 Å². The van der Waals surface area contributed by atoms with Crippen LogP contribution in [-0.2, 0) is 16.3 Å². The van der Waals surface area contributed by atoms with Gasteiger partial charge < -0.3 is 9.64 Å². The fourth-order valence-electron chi connectivity index (χ4n) is 3.93. The average Bonchev–Trinajstić information content (AvgIpc) is 3.30. The van der Waals surface area contributed by atoms with Gasteiger partial charge in [-0.2, -0.15) is 0 Å². The molecule has 0 amide bonds. The second-order valence-corrected chi connectivity index (χ2v) is 10.7. The van der Waals surface area contributed by atoms with Gasteiger partial charge in [0.2, 0.25) is 5.82 Å². The number of para-hydroxylation sites is 1. The number of nitrogens with zero attached hydrogens (tertiary/aromatic N) is 2. The Labute approximate surface area is 196 Å². The second-order valence-electron chi connectivity index (χ2n) is 7.74. The van der Waals surface area contributed by atoms with Crippen LogP contribution in [0.4, 0.5) is 27.1 Å². The average molecular weight is 519 g/mol. The van der Waals surface area contributed by atoms with Gasteiger partial charge in [0.15, 0.2) is 38.2 Å². The highest BCUT2D eigenvalue weighted by Crippen LogP contribution is 2.34. The van der Waals surface area contributed by atoms with Crippen LogP contribution in [0.5, 0.6) is 5.75 Å². The van der Waals surface area contributed by atoms with Gasteiger partial charge in [0.25, 0.3) is 0 Å². The highest BCUT2D eigenvalue weighted by atomic mass is 32.2. The van der Waals surface area contributed by atoms with Crippen molar-refractivity contribution in [3.05, 3.63) is 70.0 Å². The summed E-state index contributed by atoms with van der Waals surface area (Å²) in [6.07, 6.45) is 0.429. The molecule has 0 aliphatic carbocycles. The lowest BCUT2D eigenvalue weighted by atomic mass is 10.1. The Kier molecular flexibility index (Phi) is 6.81. The lowest BCUT2D eigenvalue weighted by Crippen LogP contribution is -2.40. The number of halogens is 5. The molecule has 2 heterocycles. The first kappa shape index (κ1) is 24.4. The summed E-state index contributed by atoms with van der Waals surface area (Å²) in [5, 5.41) is 1.24. The summed E-state index contributed by atoms with van der Waals surface area (Å²) in [5.41, 5.74) is 1.75. The molecule has 3 aromatic rings. The number of sulfone groups is 1. The predicted molar refractivity (Wildman–Crippen MR) is 117 cm³/mol. The normalized spacial score (nSPS) is 15.1. The molecule has 34 heavy (non-hydrogen) atoms. The molecule has 5 nitrogen and oxygen atoms in total. The monoisotopic (exact) mass is 518 g/mol. The number of hydrogen-bond acceptors (Lipinski definition) is 6. The molecular weight excluding hydrogens is 499 g/mol. The maximum absolute atomic E-state index is 14.1. The Morgan fingerprint density at radius 3 is 2.21 bits per heavy atom. The first-order valence-corrected chi connectivity index (χ1v) is 12.6. The van der Waals surface area contributed by atoms with Gasteiger partial charge in [-0.25, -0.2) is 35.4 Å². The summed E-state index contributed by atoms with van der Waals surface area (Å²) in [4.78, 5) is 4.66. The highest BCUT2D eigenvalue weighted by Gasteiger charge is 2.39. The van der Waals surface area contributed by atoms with Crippen molar-refractivity contribution in [1.82, 2.24) is 4.98 Å². The van der Waals surface area contributed by atoms with E-state index in [2.05, 4.69) is 4.98 Å². The van der Waals surface area contributed by atoms with E-state index in [1.54, 1.807) is 7.11 Å². The highest BCUT2D eigenvalue weighted by molar-refractivity contribution is 7.92. The molecule has 1 fully saturated rings.